The van der Waals surface area contributed by atoms with Gasteiger partial charge in [0, 0.05) is 24.0 Å². The summed E-state index contributed by atoms with van der Waals surface area (Å²) in [5.41, 5.74) is 1.25. The zero-order valence-corrected chi connectivity index (χ0v) is 9.77. The van der Waals surface area contributed by atoms with Crippen molar-refractivity contribution in [2.24, 2.45) is 0 Å². The van der Waals surface area contributed by atoms with E-state index in [9.17, 15) is 0 Å². The molecule has 2 aromatic heterocycles. The minimum atomic E-state index is 0.227. The fourth-order valence-electron chi connectivity index (χ4n) is 1.29. The van der Waals surface area contributed by atoms with Crippen LogP contribution in [0, 0.1) is 18.3 Å². The molecule has 0 fully saturated rings. The van der Waals surface area contributed by atoms with E-state index in [4.69, 9.17) is 21.6 Å². The number of halogens is 1. The number of ether oxygens (including phenoxy) is 1. The molecule has 0 bridgehead atoms. The van der Waals surface area contributed by atoms with Gasteiger partial charge in [-0.2, -0.15) is 5.26 Å². The molecule has 2 aromatic rings. The number of hydrogen-bond acceptors (Lipinski definition) is 4. The van der Waals surface area contributed by atoms with Crippen LogP contribution in [0.2, 0.25) is 5.15 Å². The summed E-state index contributed by atoms with van der Waals surface area (Å²) in [6.45, 7) is 1.86. The number of aromatic nitrogens is 2. The third kappa shape index (κ3) is 2.92. The van der Waals surface area contributed by atoms with Gasteiger partial charge in [0.15, 0.2) is 0 Å². The van der Waals surface area contributed by atoms with Crippen LogP contribution >= 0.6 is 11.6 Å². The number of aryl methyl sites for hydroxylation is 1. The maximum Gasteiger partial charge on any atom is 0.221 e. The first-order valence-corrected chi connectivity index (χ1v) is 5.23. The van der Waals surface area contributed by atoms with Gasteiger partial charge in [0.05, 0.1) is 11.6 Å². The van der Waals surface area contributed by atoms with Crippen LogP contribution in [0.25, 0.3) is 0 Å². The third-order valence-corrected chi connectivity index (χ3v) is 2.18. The lowest BCUT2D eigenvalue weighted by Crippen LogP contribution is -1.91. The van der Waals surface area contributed by atoms with E-state index in [2.05, 4.69) is 9.97 Å². The molecule has 0 saturated carbocycles. The molecule has 0 atom stereocenters. The van der Waals surface area contributed by atoms with Crippen LogP contribution in [0.4, 0.5) is 0 Å². The zero-order chi connectivity index (χ0) is 12.3. The fourth-order valence-corrected chi connectivity index (χ4v) is 1.49. The lowest BCUT2D eigenvalue weighted by Gasteiger charge is -2.05. The predicted octanol–water partition coefficient (Wildman–Crippen LogP) is 3.10. The first kappa shape index (κ1) is 11.4. The van der Waals surface area contributed by atoms with E-state index in [1.54, 1.807) is 18.3 Å². The molecule has 5 heteroatoms. The molecule has 2 heterocycles. The number of pyridine rings is 2. The van der Waals surface area contributed by atoms with Crippen LogP contribution < -0.4 is 4.74 Å². The van der Waals surface area contributed by atoms with E-state index in [0.717, 1.165) is 5.69 Å². The van der Waals surface area contributed by atoms with Crippen molar-refractivity contribution in [3.05, 3.63) is 46.9 Å². The summed E-state index contributed by atoms with van der Waals surface area (Å²) in [6.07, 6.45) is 1.64. The number of nitriles is 1. The SMILES string of the molecule is Cc1cc(Oc2cc(C#N)cc(Cl)n2)ccn1. The summed E-state index contributed by atoms with van der Waals surface area (Å²) in [6, 6.07) is 8.48. The van der Waals surface area contributed by atoms with Gasteiger partial charge in [0.25, 0.3) is 0 Å². The monoisotopic (exact) mass is 245 g/mol. The Bertz CT molecular complexity index is 593. The summed E-state index contributed by atoms with van der Waals surface area (Å²) >= 11 is 5.77. The van der Waals surface area contributed by atoms with E-state index in [0.29, 0.717) is 17.2 Å². The Kier molecular flexibility index (Phi) is 3.22. The minimum Gasteiger partial charge on any atom is -0.439 e. The Hall–Kier alpha value is -2.12. The van der Waals surface area contributed by atoms with Gasteiger partial charge in [-0.25, -0.2) is 4.98 Å². The summed E-state index contributed by atoms with van der Waals surface area (Å²) < 4.78 is 5.50. The van der Waals surface area contributed by atoms with Crippen molar-refractivity contribution in [2.45, 2.75) is 6.92 Å². The lowest BCUT2D eigenvalue weighted by atomic mass is 10.3. The highest BCUT2D eigenvalue weighted by Gasteiger charge is 2.03. The van der Waals surface area contributed by atoms with Gasteiger partial charge in [-0.3, -0.25) is 4.98 Å². The third-order valence-electron chi connectivity index (χ3n) is 1.99. The maximum atomic E-state index is 8.79. The molecule has 4 nitrogen and oxygen atoms in total. The average molecular weight is 246 g/mol. The molecule has 0 N–H and O–H groups in total. The van der Waals surface area contributed by atoms with Crippen LogP contribution in [0.15, 0.2) is 30.5 Å². The van der Waals surface area contributed by atoms with Crippen molar-refractivity contribution in [2.75, 3.05) is 0 Å². The molecule has 0 aliphatic heterocycles. The lowest BCUT2D eigenvalue weighted by molar-refractivity contribution is 0.461. The molecule has 0 aliphatic carbocycles. The van der Waals surface area contributed by atoms with Crippen LogP contribution in [-0.4, -0.2) is 9.97 Å². The molecule has 0 spiro atoms. The van der Waals surface area contributed by atoms with Gasteiger partial charge in [-0.05, 0) is 19.1 Å². The Morgan fingerprint density at radius 3 is 2.88 bits per heavy atom. The van der Waals surface area contributed by atoms with Crippen molar-refractivity contribution in [1.82, 2.24) is 9.97 Å². The van der Waals surface area contributed by atoms with E-state index < -0.39 is 0 Å². The van der Waals surface area contributed by atoms with Crippen molar-refractivity contribution in [3.8, 4) is 17.7 Å². The van der Waals surface area contributed by atoms with Crippen molar-refractivity contribution in [3.63, 3.8) is 0 Å². The number of rotatable bonds is 2. The molecular formula is C12H8ClN3O. The van der Waals surface area contributed by atoms with Gasteiger partial charge in [-0.1, -0.05) is 11.6 Å². The van der Waals surface area contributed by atoms with Gasteiger partial charge >= 0.3 is 0 Å². The van der Waals surface area contributed by atoms with Crippen molar-refractivity contribution in [1.29, 1.82) is 5.26 Å². The molecule has 0 saturated heterocycles. The van der Waals surface area contributed by atoms with E-state index in [-0.39, 0.29) is 5.15 Å². The second-order valence-electron chi connectivity index (χ2n) is 3.36. The molecule has 0 radical (unpaired) electrons. The van der Waals surface area contributed by atoms with E-state index in [1.165, 1.54) is 12.1 Å². The molecule has 0 unspecified atom stereocenters. The molecule has 0 aliphatic rings. The second kappa shape index (κ2) is 4.81. The highest BCUT2D eigenvalue weighted by molar-refractivity contribution is 6.29. The molecule has 84 valence electrons. The normalized spacial score (nSPS) is 9.71. The Morgan fingerprint density at radius 1 is 1.35 bits per heavy atom. The van der Waals surface area contributed by atoms with Gasteiger partial charge < -0.3 is 4.74 Å². The van der Waals surface area contributed by atoms with Crippen molar-refractivity contribution < 1.29 is 4.74 Å². The molecular weight excluding hydrogens is 238 g/mol. The molecule has 0 amide bonds. The van der Waals surface area contributed by atoms with Gasteiger partial charge in [-0.15, -0.1) is 0 Å². The van der Waals surface area contributed by atoms with Gasteiger partial charge in [0.1, 0.15) is 10.9 Å². The zero-order valence-electron chi connectivity index (χ0n) is 9.01. The van der Waals surface area contributed by atoms with Crippen LogP contribution in [0.1, 0.15) is 11.3 Å². The standard InChI is InChI=1S/C12H8ClN3O/c1-8-4-10(2-3-15-8)17-12-6-9(7-14)5-11(13)16-12/h2-6H,1H3. The largest absolute Gasteiger partial charge is 0.439 e. The highest BCUT2D eigenvalue weighted by Crippen LogP contribution is 2.22. The molecule has 2 rings (SSSR count). The van der Waals surface area contributed by atoms with Crippen molar-refractivity contribution >= 4 is 11.6 Å². The molecule has 0 aromatic carbocycles. The van der Waals surface area contributed by atoms with Crippen LogP contribution in [0.3, 0.4) is 0 Å². The fraction of sp³-hybridized carbons (Fsp3) is 0.0833. The maximum absolute atomic E-state index is 8.79. The summed E-state index contributed by atoms with van der Waals surface area (Å²) in [4.78, 5) is 8.03. The minimum absolute atomic E-state index is 0.227. The smallest absolute Gasteiger partial charge is 0.221 e. The Labute approximate surface area is 103 Å². The number of hydrogen-bond donors (Lipinski definition) is 0. The van der Waals surface area contributed by atoms with Crippen LogP contribution in [0.5, 0.6) is 11.6 Å². The Morgan fingerprint density at radius 2 is 2.18 bits per heavy atom. The summed E-state index contributed by atoms with van der Waals surface area (Å²) in [5, 5.41) is 9.02. The summed E-state index contributed by atoms with van der Waals surface area (Å²) in [7, 11) is 0. The van der Waals surface area contributed by atoms with E-state index >= 15 is 0 Å². The van der Waals surface area contributed by atoms with E-state index in [1.807, 2.05) is 13.0 Å². The van der Waals surface area contributed by atoms with Gasteiger partial charge in [0.2, 0.25) is 5.88 Å². The average Bonchev–Trinajstić information content (AvgIpc) is 2.28. The summed E-state index contributed by atoms with van der Waals surface area (Å²) in [5.74, 6) is 0.899. The Balaban J connectivity index is 2.30. The highest BCUT2D eigenvalue weighted by atomic mass is 35.5. The second-order valence-corrected chi connectivity index (χ2v) is 3.75. The van der Waals surface area contributed by atoms with Crippen LogP contribution in [-0.2, 0) is 0 Å². The molecule has 17 heavy (non-hydrogen) atoms. The first-order valence-electron chi connectivity index (χ1n) is 4.85. The quantitative estimate of drug-likeness (QED) is 0.763. The topological polar surface area (TPSA) is 58.8 Å². The predicted molar refractivity (Wildman–Crippen MR) is 63.0 cm³/mol. The first-order chi connectivity index (χ1) is 8.17. The number of nitrogens with zero attached hydrogens (tertiary/aromatic N) is 3.